The molecule has 0 bridgehead atoms. The van der Waals surface area contributed by atoms with E-state index in [4.69, 9.17) is 37.0 Å². The number of rotatable bonds is 75. The van der Waals surface area contributed by atoms with Crippen LogP contribution in [0.5, 0.6) is 0 Å². The number of phosphoric ester groups is 2. The molecule has 19 heteroatoms. The number of hydrogen-bond donors (Lipinski definition) is 3. The third-order valence-corrected chi connectivity index (χ3v) is 19.8. The largest absolute Gasteiger partial charge is 0.472 e. The average molecular weight is 1380 g/mol. The van der Waals surface area contributed by atoms with Crippen molar-refractivity contribution in [2.75, 3.05) is 39.6 Å². The number of aliphatic hydroxyl groups excluding tert-OH is 1. The summed E-state index contributed by atoms with van der Waals surface area (Å²) in [5, 5.41) is 10.6. The number of phosphoric acid groups is 2. The van der Waals surface area contributed by atoms with Crippen LogP contribution in [0.3, 0.4) is 0 Å². The fraction of sp³-hybridized carbons (Fsp3) is 0.947. The highest BCUT2D eigenvalue weighted by atomic mass is 31.2. The standard InChI is InChI=1S/C75H146O17P2/c1-6-10-13-16-19-22-25-27-29-31-33-35-37-40-43-49-54-59-73(78)85-64-70(91-74(79)60-55-50-44-41-38-36-34-32-30-28-26-23-20-17-14-11-7-2)66-89-93(81,82)87-62-69(76)63-88-94(83,84)90-67-71(92-75(80)61-56-51-46-45-47-52-57-68(5)9-4)65-86-72(77)58-53-48-42-39-24-21-18-15-12-8-3/h68-71,76H,6-67H2,1-5H3,(H,81,82)(H,83,84)/t68?,69-,70-,71-/m1/s1. The molecular formula is C75H146O17P2. The fourth-order valence-electron chi connectivity index (χ4n) is 11.5. The first-order valence-electron chi connectivity index (χ1n) is 39.2. The van der Waals surface area contributed by atoms with E-state index in [0.29, 0.717) is 25.7 Å². The normalized spacial score (nSPS) is 14.3. The van der Waals surface area contributed by atoms with Gasteiger partial charge in [-0.25, -0.2) is 9.13 Å². The number of aliphatic hydroxyl groups is 1. The first-order chi connectivity index (χ1) is 45.6. The van der Waals surface area contributed by atoms with Gasteiger partial charge in [-0.15, -0.1) is 0 Å². The van der Waals surface area contributed by atoms with Gasteiger partial charge in [0, 0.05) is 25.7 Å². The van der Waals surface area contributed by atoms with Crippen LogP contribution >= 0.6 is 15.6 Å². The molecule has 0 aromatic heterocycles. The molecule has 0 saturated heterocycles. The summed E-state index contributed by atoms with van der Waals surface area (Å²) in [4.78, 5) is 72.7. The summed E-state index contributed by atoms with van der Waals surface area (Å²) in [5.41, 5.74) is 0. The van der Waals surface area contributed by atoms with E-state index in [9.17, 15) is 43.2 Å². The van der Waals surface area contributed by atoms with Gasteiger partial charge in [-0.2, -0.15) is 0 Å². The second-order valence-corrected chi connectivity index (χ2v) is 30.2. The summed E-state index contributed by atoms with van der Waals surface area (Å²) >= 11 is 0. The van der Waals surface area contributed by atoms with Gasteiger partial charge in [-0.3, -0.25) is 37.3 Å². The smallest absolute Gasteiger partial charge is 0.462 e. The molecule has 0 aliphatic carbocycles. The molecule has 0 saturated carbocycles. The predicted octanol–water partition coefficient (Wildman–Crippen LogP) is 22.1. The lowest BCUT2D eigenvalue weighted by Crippen LogP contribution is -2.30. The van der Waals surface area contributed by atoms with Crippen molar-refractivity contribution in [3.05, 3.63) is 0 Å². The van der Waals surface area contributed by atoms with E-state index in [-0.39, 0.29) is 25.7 Å². The molecule has 0 aromatic rings. The van der Waals surface area contributed by atoms with Gasteiger partial charge in [0.1, 0.15) is 19.3 Å². The molecule has 0 radical (unpaired) electrons. The lowest BCUT2D eigenvalue weighted by molar-refractivity contribution is -0.161. The molecular weight excluding hydrogens is 1230 g/mol. The van der Waals surface area contributed by atoms with Crippen LogP contribution in [-0.4, -0.2) is 96.7 Å². The third kappa shape index (κ3) is 67.3. The Morgan fingerprint density at radius 3 is 0.755 bits per heavy atom. The summed E-state index contributed by atoms with van der Waals surface area (Å²) < 4.78 is 68.4. The highest BCUT2D eigenvalue weighted by molar-refractivity contribution is 7.47. The van der Waals surface area contributed by atoms with Gasteiger partial charge in [0.2, 0.25) is 0 Å². The SMILES string of the molecule is CCCCCCCCCCCCCCCCCCCC(=O)OC[C@H](COP(=O)(O)OC[C@@H](O)COP(=O)(O)OC[C@@H](COC(=O)CCCCCCCCCCCC)OC(=O)CCCCCCCCC(C)CC)OC(=O)CCCCCCCCCCCCCCCCCCC. The van der Waals surface area contributed by atoms with Crippen LogP contribution in [0.25, 0.3) is 0 Å². The number of carbonyl (C=O) groups excluding carboxylic acids is 4. The van der Waals surface area contributed by atoms with Gasteiger partial charge < -0.3 is 33.8 Å². The van der Waals surface area contributed by atoms with E-state index in [1.807, 2.05) is 0 Å². The topological polar surface area (TPSA) is 237 Å². The Morgan fingerprint density at radius 2 is 0.511 bits per heavy atom. The third-order valence-electron chi connectivity index (χ3n) is 17.9. The molecule has 0 aromatic carbocycles. The van der Waals surface area contributed by atoms with Crippen LogP contribution in [0.1, 0.15) is 394 Å². The van der Waals surface area contributed by atoms with Crippen molar-refractivity contribution in [2.45, 2.75) is 412 Å². The number of unbranched alkanes of at least 4 members (excludes halogenated alkanes) is 46. The van der Waals surface area contributed by atoms with Crippen LogP contribution in [0, 0.1) is 5.92 Å². The summed E-state index contributed by atoms with van der Waals surface area (Å²) in [6, 6.07) is 0. The summed E-state index contributed by atoms with van der Waals surface area (Å²) in [6.07, 6.45) is 56.9. The Labute approximate surface area is 575 Å². The lowest BCUT2D eigenvalue weighted by atomic mass is 10.00. The van der Waals surface area contributed by atoms with Crippen LogP contribution in [0.4, 0.5) is 0 Å². The number of carbonyl (C=O) groups is 4. The van der Waals surface area contributed by atoms with Crippen molar-refractivity contribution in [3.63, 3.8) is 0 Å². The van der Waals surface area contributed by atoms with Crippen LogP contribution in [0.2, 0.25) is 0 Å². The summed E-state index contributed by atoms with van der Waals surface area (Å²) in [6.45, 7) is 7.23. The fourth-order valence-corrected chi connectivity index (χ4v) is 13.1. The molecule has 0 amide bonds. The highest BCUT2D eigenvalue weighted by Crippen LogP contribution is 2.45. The number of ether oxygens (including phenoxy) is 4. The number of hydrogen-bond acceptors (Lipinski definition) is 15. The predicted molar refractivity (Wildman–Crippen MR) is 382 cm³/mol. The zero-order valence-electron chi connectivity index (χ0n) is 61.1. The monoisotopic (exact) mass is 1380 g/mol. The second-order valence-electron chi connectivity index (χ2n) is 27.3. The molecule has 94 heavy (non-hydrogen) atoms. The minimum Gasteiger partial charge on any atom is -0.462 e. The molecule has 6 atom stereocenters. The van der Waals surface area contributed by atoms with Crippen molar-refractivity contribution >= 4 is 39.5 Å². The molecule has 558 valence electrons. The minimum atomic E-state index is -4.96. The maximum Gasteiger partial charge on any atom is 0.472 e. The van der Waals surface area contributed by atoms with Gasteiger partial charge in [0.05, 0.1) is 26.4 Å². The van der Waals surface area contributed by atoms with Gasteiger partial charge >= 0.3 is 39.5 Å². The first-order valence-corrected chi connectivity index (χ1v) is 42.2. The molecule has 17 nitrogen and oxygen atoms in total. The van der Waals surface area contributed by atoms with Crippen molar-refractivity contribution in [2.24, 2.45) is 5.92 Å². The van der Waals surface area contributed by atoms with Crippen molar-refractivity contribution in [3.8, 4) is 0 Å². The van der Waals surface area contributed by atoms with Gasteiger partial charge in [-0.1, -0.05) is 343 Å². The van der Waals surface area contributed by atoms with Gasteiger partial charge in [0.15, 0.2) is 12.2 Å². The van der Waals surface area contributed by atoms with Crippen molar-refractivity contribution < 1.29 is 80.2 Å². The van der Waals surface area contributed by atoms with E-state index in [1.54, 1.807) is 0 Å². The molecule has 0 aliphatic heterocycles. The van der Waals surface area contributed by atoms with Crippen LogP contribution in [-0.2, 0) is 65.4 Å². The molecule has 3 unspecified atom stereocenters. The maximum atomic E-state index is 13.1. The van der Waals surface area contributed by atoms with Gasteiger partial charge in [0.25, 0.3) is 0 Å². The Bertz CT molecular complexity index is 1810. The Kier molecular flexibility index (Phi) is 66.8. The quantitative estimate of drug-likeness (QED) is 0.0222. The average Bonchev–Trinajstić information content (AvgIpc) is 1.26. The number of esters is 4. The van der Waals surface area contributed by atoms with Crippen molar-refractivity contribution in [1.29, 1.82) is 0 Å². The van der Waals surface area contributed by atoms with E-state index in [1.165, 1.54) is 218 Å². The van der Waals surface area contributed by atoms with E-state index in [0.717, 1.165) is 95.8 Å². The summed E-state index contributed by atoms with van der Waals surface area (Å²) in [5.74, 6) is -1.40. The molecule has 3 N–H and O–H groups in total. The summed E-state index contributed by atoms with van der Waals surface area (Å²) in [7, 11) is -9.91. The molecule has 0 spiro atoms. The zero-order valence-corrected chi connectivity index (χ0v) is 62.9. The van der Waals surface area contributed by atoms with Gasteiger partial charge in [-0.05, 0) is 31.6 Å². The Balaban J connectivity index is 5.22. The van der Waals surface area contributed by atoms with E-state index in [2.05, 4.69) is 34.6 Å². The minimum absolute atomic E-state index is 0.104. The molecule has 0 heterocycles. The Morgan fingerprint density at radius 1 is 0.298 bits per heavy atom. The molecule has 0 aliphatic rings. The van der Waals surface area contributed by atoms with E-state index >= 15 is 0 Å². The lowest BCUT2D eigenvalue weighted by Gasteiger charge is -2.21. The van der Waals surface area contributed by atoms with E-state index < -0.39 is 97.5 Å². The van der Waals surface area contributed by atoms with Crippen LogP contribution < -0.4 is 0 Å². The zero-order chi connectivity index (χ0) is 69.1. The first kappa shape index (κ1) is 92.1. The van der Waals surface area contributed by atoms with Crippen molar-refractivity contribution in [1.82, 2.24) is 0 Å². The molecule has 0 rings (SSSR count). The second kappa shape index (κ2) is 68.2. The van der Waals surface area contributed by atoms with Crippen LogP contribution in [0.15, 0.2) is 0 Å². The highest BCUT2D eigenvalue weighted by Gasteiger charge is 2.30. The maximum absolute atomic E-state index is 13.1. The molecule has 0 fully saturated rings. The Hall–Kier alpha value is -1.94.